The molecule has 114 valence electrons. The van der Waals surface area contributed by atoms with Gasteiger partial charge in [-0.3, -0.25) is 4.68 Å². The Morgan fingerprint density at radius 1 is 1.29 bits per heavy atom. The Morgan fingerprint density at radius 2 is 2.05 bits per heavy atom. The number of aryl methyl sites for hydroxylation is 2. The molecule has 1 aromatic carbocycles. The molecule has 0 aliphatic rings. The number of hydrogen-bond donors (Lipinski definition) is 1. The maximum atomic E-state index is 10.5. The molecule has 1 heterocycles. The van der Waals surface area contributed by atoms with Crippen molar-refractivity contribution in [1.82, 2.24) is 9.78 Å². The van der Waals surface area contributed by atoms with E-state index in [1.165, 1.54) is 0 Å². The highest BCUT2D eigenvalue weighted by Crippen LogP contribution is 2.23. The smallest absolute Gasteiger partial charge is 0.120 e. The van der Waals surface area contributed by atoms with Crippen LogP contribution in [-0.2, 0) is 13.0 Å². The normalized spacial score (nSPS) is 12.7. The molecule has 0 saturated carbocycles. The van der Waals surface area contributed by atoms with E-state index in [9.17, 15) is 5.11 Å². The molecule has 1 aromatic heterocycles. The van der Waals surface area contributed by atoms with Gasteiger partial charge in [0.05, 0.1) is 17.9 Å². The van der Waals surface area contributed by atoms with Crippen molar-refractivity contribution in [3.8, 4) is 5.75 Å². The number of ether oxygens (including phenoxy) is 1. The molecule has 21 heavy (non-hydrogen) atoms. The van der Waals surface area contributed by atoms with Gasteiger partial charge in [0.1, 0.15) is 5.75 Å². The molecule has 0 radical (unpaired) electrons. The molecule has 0 amide bonds. The van der Waals surface area contributed by atoms with Crippen molar-refractivity contribution < 1.29 is 9.84 Å². The van der Waals surface area contributed by atoms with Crippen molar-refractivity contribution in [3.63, 3.8) is 0 Å². The van der Waals surface area contributed by atoms with Crippen LogP contribution in [0.25, 0.3) is 0 Å². The quantitative estimate of drug-likeness (QED) is 0.887. The van der Waals surface area contributed by atoms with Crippen molar-refractivity contribution in [3.05, 3.63) is 47.3 Å². The number of rotatable bonds is 6. The summed E-state index contributed by atoms with van der Waals surface area (Å²) in [4.78, 5) is 0. The maximum Gasteiger partial charge on any atom is 0.120 e. The Bertz CT molecular complexity index is 590. The van der Waals surface area contributed by atoms with Crippen LogP contribution in [0.4, 0.5) is 0 Å². The second-order valence-corrected chi connectivity index (χ2v) is 5.55. The van der Waals surface area contributed by atoms with Gasteiger partial charge in [-0.2, -0.15) is 5.10 Å². The molecule has 0 aliphatic carbocycles. The average molecular weight is 288 g/mol. The Balaban J connectivity index is 2.14. The SMILES string of the molecule is CCn1nc(C)cc1CC(O)c1cccc(OC(C)C)c1. The molecular weight excluding hydrogens is 264 g/mol. The van der Waals surface area contributed by atoms with Gasteiger partial charge in [-0.15, -0.1) is 0 Å². The summed E-state index contributed by atoms with van der Waals surface area (Å²) in [5.74, 6) is 0.793. The maximum absolute atomic E-state index is 10.5. The van der Waals surface area contributed by atoms with Crippen LogP contribution in [0.5, 0.6) is 5.75 Å². The molecule has 4 heteroatoms. The highest BCUT2D eigenvalue weighted by molar-refractivity contribution is 5.30. The van der Waals surface area contributed by atoms with Gasteiger partial charge in [-0.1, -0.05) is 12.1 Å². The van der Waals surface area contributed by atoms with E-state index >= 15 is 0 Å². The van der Waals surface area contributed by atoms with E-state index < -0.39 is 6.10 Å². The van der Waals surface area contributed by atoms with Crippen molar-refractivity contribution in [1.29, 1.82) is 0 Å². The molecular formula is C17H24N2O2. The molecule has 1 unspecified atom stereocenters. The predicted molar refractivity (Wildman–Crippen MR) is 83.5 cm³/mol. The summed E-state index contributed by atoms with van der Waals surface area (Å²) in [5, 5.41) is 14.9. The van der Waals surface area contributed by atoms with Crippen LogP contribution in [0, 0.1) is 6.92 Å². The summed E-state index contributed by atoms with van der Waals surface area (Å²) in [7, 11) is 0. The average Bonchev–Trinajstić information content (AvgIpc) is 2.78. The van der Waals surface area contributed by atoms with Crippen LogP contribution in [0.15, 0.2) is 30.3 Å². The molecule has 2 rings (SSSR count). The molecule has 1 atom stereocenters. The van der Waals surface area contributed by atoms with Crippen LogP contribution in [0.3, 0.4) is 0 Å². The lowest BCUT2D eigenvalue weighted by Gasteiger charge is -2.15. The summed E-state index contributed by atoms with van der Waals surface area (Å²) in [6.07, 6.45) is 0.128. The van der Waals surface area contributed by atoms with Crippen LogP contribution in [0.1, 0.15) is 43.8 Å². The van der Waals surface area contributed by atoms with Crippen molar-refractivity contribution in [2.75, 3.05) is 0 Å². The number of hydrogen-bond acceptors (Lipinski definition) is 3. The number of nitrogens with zero attached hydrogens (tertiary/aromatic N) is 2. The molecule has 0 aliphatic heterocycles. The highest BCUT2D eigenvalue weighted by atomic mass is 16.5. The molecule has 0 fully saturated rings. The molecule has 0 bridgehead atoms. The second kappa shape index (κ2) is 6.76. The van der Waals surface area contributed by atoms with E-state index in [2.05, 4.69) is 12.0 Å². The minimum Gasteiger partial charge on any atom is -0.491 e. The Morgan fingerprint density at radius 3 is 2.71 bits per heavy atom. The van der Waals surface area contributed by atoms with E-state index in [1.807, 2.05) is 55.8 Å². The molecule has 2 aromatic rings. The third-order valence-corrected chi connectivity index (χ3v) is 3.30. The lowest BCUT2D eigenvalue weighted by atomic mass is 10.0. The minimum atomic E-state index is -0.554. The highest BCUT2D eigenvalue weighted by Gasteiger charge is 2.13. The fraction of sp³-hybridized carbons (Fsp3) is 0.471. The zero-order valence-corrected chi connectivity index (χ0v) is 13.2. The first kappa shape index (κ1) is 15.6. The lowest BCUT2D eigenvalue weighted by molar-refractivity contribution is 0.174. The van der Waals surface area contributed by atoms with E-state index in [0.29, 0.717) is 6.42 Å². The monoisotopic (exact) mass is 288 g/mol. The second-order valence-electron chi connectivity index (χ2n) is 5.55. The van der Waals surface area contributed by atoms with Crippen molar-refractivity contribution in [2.24, 2.45) is 0 Å². The first-order valence-corrected chi connectivity index (χ1v) is 7.47. The summed E-state index contributed by atoms with van der Waals surface area (Å²) >= 11 is 0. The fourth-order valence-electron chi connectivity index (χ4n) is 2.42. The minimum absolute atomic E-state index is 0.126. The third kappa shape index (κ3) is 4.08. The van der Waals surface area contributed by atoms with Crippen molar-refractivity contribution >= 4 is 0 Å². The Labute approximate surface area is 126 Å². The van der Waals surface area contributed by atoms with E-state index in [1.54, 1.807) is 0 Å². The molecule has 1 N–H and O–H groups in total. The molecule has 0 spiro atoms. The molecule has 4 nitrogen and oxygen atoms in total. The topological polar surface area (TPSA) is 47.3 Å². The van der Waals surface area contributed by atoms with Crippen LogP contribution >= 0.6 is 0 Å². The number of aromatic nitrogens is 2. The van der Waals surface area contributed by atoms with E-state index in [4.69, 9.17) is 4.74 Å². The van der Waals surface area contributed by atoms with Crippen LogP contribution in [-0.4, -0.2) is 21.0 Å². The predicted octanol–water partition coefficient (Wildman–Crippen LogP) is 3.27. The summed E-state index contributed by atoms with van der Waals surface area (Å²) < 4.78 is 7.61. The summed E-state index contributed by atoms with van der Waals surface area (Å²) in [6.45, 7) is 8.82. The van der Waals surface area contributed by atoms with Crippen LogP contribution < -0.4 is 4.74 Å². The fourth-order valence-corrected chi connectivity index (χ4v) is 2.42. The van der Waals surface area contributed by atoms with Gasteiger partial charge < -0.3 is 9.84 Å². The summed E-state index contributed by atoms with van der Waals surface area (Å²) in [6, 6.07) is 9.69. The van der Waals surface area contributed by atoms with E-state index in [-0.39, 0.29) is 6.10 Å². The third-order valence-electron chi connectivity index (χ3n) is 3.30. The van der Waals surface area contributed by atoms with Crippen molar-refractivity contribution in [2.45, 2.75) is 52.9 Å². The van der Waals surface area contributed by atoms with Gasteiger partial charge in [-0.25, -0.2) is 0 Å². The number of aliphatic hydroxyl groups excluding tert-OH is 1. The largest absolute Gasteiger partial charge is 0.491 e. The van der Waals surface area contributed by atoms with Gasteiger partial charge in [0.15, 0.2) is 0 Å². The first-order valence-electron chi connectivity index (χ1n) is 7.47. The van der Waals surface area contributed by atoms with Gasteiger partial charge in [0.25, 0.3) is 0 Å². The van der Waals surface area contributed by atoms with Gasteiger partial charge in [-0.05, 0) is 51.5 Å². The number of benzene rings is 1. The van der Waals surface area contributed by atoms with E-state index in [0.717, 1.165) is 29.2 Å². The standard InChI is InChI=1S/C17H24N2O2/c1-5-19-15(9-13(4)18-19)11-17(20)14-7-6-8-16(10-14)21-12(2)3/h6-10,12,17,20H,5,11H2,1-4H3. The van der Waals surface area contributed by atoms with Gasteiger partial charge >= 0.3 is 0 Å². The zero-order chi connectivity index (χ0) is 15.4. The lowest BCUT2D eigenvalue weighted by Crippen LogP contribution is -2.09. The van der Waals surface area contributed by atoms with Gasteiger partial charge in [0, 0.05) is 18.7 Å². The number of aliphatic hydroxyl groups is 1. The zero-order valence-electron chi connectivity index (χ0n) is 13.2. The molecule has 0 saturated heterocycles. The van der Waals surface area contributed by atoms with Crippen LogP contribution in [0.2, 0.25) is 0 Å². The van der Waals surface area contributed by atoms with Gasteiger partial charge in [0.2, 0.25) is 0 Å². The Hall–Kier alpha value is -1.81. The first-order chi connectivity index (χ1) is 9.99. The Kier molecular flexibility index (Phi) is 5.02. The summed E-state index contributed by atoms with van der Waals surface area (Å²) in [5.41, 5.74) is 2.91.